The number of aryl methyl sites for hydroxylation is 1. The highest BCUT2D eigenvalue weighted by molar-refractivity contribution is 6.07. The average molecular weight is 440 g/mol. The van der Waals surface area contributed by atoms with Gasteiger partial charge >= 0.3 is 0 Å². The third-order valence-corrected chi connectivity index (χ3v) is 5.85. The van der Waals surface area contributed by atoms with E-state index in [1.165, 1.54) is 0 Å². The topological polar surface area (TPSA) is 117 Å². The molecule has 4 N–H and O–H groups in total. The number of imidazole rings is 1. The van der Waals surface area contributed by atoms with E-state index < -0.39 is 0 Å². The third kappa shape index (κ3) is 4.15. The summed E-state index contributed by atoms with van der Waals surface area (Å²) in [5, 5.41) is 7.99. The quantitative estimate of drug-likeness (QED) is 0.353. The van der Waals surface area contributed by atoms with Crippen LogP contribution in [0.25, 0.3) is 33.2 Å². The maximum atomic E-state index is 12.8. The molecule has 0 aliphatic carbocycles. The van der Waals surface area contributed by atoms with E-state index in [0.717, 1.165) is 39.7 Å². The molecule has 8 heteroatoms. The predicted octanol–water partition coefficient (Wildman–Crippen LogP) is 4.06. The number of carbonyl (C=O) groups is 1. The lowest BCUT2D eigenvalue weighted by atomic mass is 10.1. The standard InChI is InChI=1S/C25H25N7O/c1-2-32(22(33)11-8-16-6-4-3-5-7-16)15-21-29-23-18-10-9-17(19-12-13-27-31-19)14-20(18)28-25(26)24(23)30-21/h3-7,9-10,12-14H,2,8,11,15H2,1H3,(H2,26,28)(H,27,31)(H,29,30). The van der Waals surface area contributed by atoms with E-state index >= 15 is 0 Å². The lowest BCUT2D eigenvalue weighted by Gasteiger charge is -2.19. The van der Waals surface area contributed by atoms with Crippen LogP contribution in [0, 0.1) is 0 Å². The number of nitrogens with two attached hydrogens (primary N) is 1. The highest BCUT2D eigenvalue weighted by Gasteiger charge is 2.17. The molecule has 0 fully saturated rings. The van der Waals surface area contributed by atoms with Gasteiger partial charge in [-0.05, 0) is 37.1 Å². The van der Waals surface area contributed by atoms with Gasteiger partial charge in [0.15, 0.2) is 5.82 Å². The number of aromatic nitrogens is 5. The number of carbonyl (C=O) groups excluding carboxylic acids is 1. The molecule has 0 unspecified atom stereocenters. The Morgan fingerprint density at radius 3 is 2.70 bits per heavy atom. The zero-order valence-corrected chi connectivity index (χ0v) is 18.4. The molecule has 33 heavy (non-hydrogen) atoms. The lowest BCUT2D eigenvalue weighted by molar-refractivity contribution is -0.131. The fourth-order valence-electron chi connectivity index (χ4n) is 4.09. The Morgan fingerprint density at radius 1 is 1.09 bits per heavy atom. The van der Waals surface area contributed by atoms with Gasteiger partial charge in [0.05, 0.1) is 23.3 Å². The van der Waals surface area contributed by atoms with E-state index in [1.54, 1.807) is 6.20 Å². The summed E-state index contributed by atoms with van der Waals surface area (Å²) >= 11 is 0. The number of hydrogen-bond donors (Lipinski definition) is 3. The lowest BCUT2D eigenvalue weighted by Crippen LogP contribution is -2.30. The molecule has 0 saturated heterocycles. The minimum absolute atomic E-state index is 0.0985. The van der Waals surface area contributed by atoms with E-state index in [2.05, 4.69) is 25.1 Å². The first-order valence-corrected chi connectivity index (χ1v) is 11.0. The summed E-state index contributed by atoms with van der Waals surface area (Å²) in [6.07, 6.45) is 2.96. The average Bonchev–Trinajstić information content (AvgIpc) is 3.52. The van der Waals surface area contributed by atoms with Crippen molar-refractivity contribution in [3.05, 3.63) is 72.2 Å². The summed E-state index contributed by atoms with van der Waals surface area (Å²) in [5.41, 5.74) is 11.4. The number of aromatic amines is 2. The van der Waals surface area contributed by atoms with Crippen molar-refractivity contribution in [1.82, 2.24) is 30.0 Å². The molecule has 3 heterocycles. The zero-order valence-electron chi connectivity index (χ0n) is 18.4. The van der Waals surface area contributed by atoms with Crippen LogP contribution in [0.5, 0.6) is 0 Å². The first-order chi connectivity index (χ1) is 16.1. The molecule has 166 valence electrons. The SMILES string of the molecule is CCN(Cc1nc2c(N)nc3cc(-c4cc[nH]n4)ccc3c2[nH]1)C(=O)CCc1ccccc1. The maximum absolute atomic E-state index is 12.8. The van der Waals surface area contributed by atoms with Crippen molar-refractivity contribution >= 4 is 33.7 Å². The van der Waals surface area contributed by atoms with E-state index in [9.17, 15) is 4.79 Å². The van der Waals surface area contributed by atoms with Crippen LogP contribution in [-0.4, -0.2) is 42.5 Å². The Labute approximate surface area is 190 Å². The van der Waals surface area contributed by atoms with Crippen LogP contribution in [0.3, 0.4) is 0 Å². The monoisotopic (exact) mass is 439 g/mol. The molecular weight excluding hydrogens is 414 g/mol. The van der Waals surface area contributed by atoms with E-state index in [-0.39, 0.29) is 5.91 Å². The molecule has 3 aromatic heterocycles. The second-order valence-electron chi connectivity index (χ2n) is 7.99. The fourth-order valence-corrected chi connectivity index (χ4v) is 4.09. The number of rotatable bonds is 7. The molecule has 5 rings (SSSR count). The number of benzene rings is 2. The molecule has 0 aliphatic heterocycles. The van der Waals surface area contributed by atoms with Gasteiger partial charge < -0.3 is 15.6 Å². The second-order valence-corrected chi connectivity index (χ2v) is 7.99. The van der Waals surface area contributed by atoms with E-state index in [0.29, 0.717) is 36.7 Å². The van der Waals surface area contributed by atoms with Crippen LogP contribution in [0.15, 0.2) is 60.8 Å². The summed E-state index contributed by atoms with van der Waals surface area (Å²) in [6.45, 7) is 2.97. The number of pyridine rings is 1. The minimum atomic E-state index is 0.0985. The number of nitrogen functional groups attached to an aromatic ring is 1. The fraction of sp³-hybridized carbons (Fsp3) is 0.200. The molecule has 0 saturated carbocycles. The second kappa shape index (κ2) is 8.74. The van der Waals surface area contributed by atoms with E-state index in [4.69, 9.17) is 5.73 Å². The third-order valence-electron chi connectivity index (χ3n) is 5.85. The predicted molar refractivity (Wildman–Crippen MR) is 129 cm³/mol. The molecule has 5 aromatic rings. The number of anilines is 1. The molecule has 0 bridgehead atoms. The van der Waals surface area contributed by atoms with Gasteiger partial charge in [-0.25, -0.2) is 9.97 Å². The van der Waals surface area contributed by atoms with Gasteiger partial charge in [0, 0.05) is 30.1 Å². The molecule has 8 nitrogen and oxygen atoms in total. The summed E-state index contributed by atoms with van der Waals surface area (Å²) in [7, 11) is 0. The van der Waals surface area contributed by atoms with Gasteiger partial charge in [-0.15, -0.1) is 0 Å². The van der Waals surface area contributed by atoms with E-state index in [1.807, 2.05) is 66.4 Å². The van der Waals surface area contributed by atoms with Gasteiger partial charge in [-0.1, -0.05) is 36.4 Å². The summed E-state index contributed by atoms with van der Waals surface area (Å²) in [4.78, 5) is 27.3. The van der Waals surface area contributed by atoms with Gasteiger partial charge in [0.1, 0.15) is 11.3 Å². The van der Waals surface area contributed by atoms with Gasteiger partial charge in [0.25, 0.3) is 0 Å². The first kappa shape index (κ1) is 20.7. The van der Waals surface area contributed by atoms with Crippen molar-refractivity contribution in [2.75, 3.05) is 12.3 Å². The maximum Gasteiger partial charge on any atom is 0.223 e. The van der Waals surface area contributed by atoms with Gasteiger partial charge in [-0.2, -0.15) is 5.10 Å². The van der Waals surface area contributed by atoms with Crippen LogP contribution in [-0.2, 0) is 17.8 Å². The van der Waals surface area contributed by atoms with Crippen molar-refractivity contribution in [2.45, 2.75) is 26.3 Å². The van der Waals surface area contributed by atoms with Crippen molar-refractivity contribution in [1.29, 1.82) is 0 Å². The summed E-state index contributed by atoms with van der Waals surface area (Å²) in [6, 6.07) is 17.9. The first-order valence-electron chi connectivity index (χ1n) is 11.0. The van der Waals surface area contributed by atoms with Crippen molar-refractivity contribution in [3.63, 3.8) is 0 Å². The number of nitrogens with one attached hydrogen (secondary N) is 2. The highest BCUT2D eigenvalue weighted by atomic mass is 16.2. The largest absolute Gasteiger partial charge is 0.382 e. The molecule has 2 aromatic carbocycles. The minimum Gasteiger partial charge on any atom is -0.382 e. The number of hydrogen-bond acceptors (Lipinski definition) is 5. The number of amides is 1. The van der Waals surface area contributed by atoms with Crippen molar-refractivity contribution in [2.24, 2.45) is 0 Å². The molecule has 0 aliphatic rings. The van der Waals surface area contributed by atoms with Crippen LogP contribution in [0.2, 0.25) is 0 Å². The smallest absolute Gasteiger partial charge is 0.223 e. The summed E-state index contributed by atoms with van der Waals surface area (Å²) < 4.78 is 0. The Balaban J connectivity index is 1.40. The Hall–Kier alpha value is -4.20. The van der Waals surface area contributed by atoms with Gasteiger partial charge in [0.2, 0.25) is 5.91 Å². The van der Waals surface area contributed by atoms with Crippen LogP contribution >= 0.6 is 0 Å². The molecule has 1 amide bonds. The number of nitrogens with zero attached hydrogens (tertiary/aromatic N) is 4. The highest BCUT2D eigenvalue weighted by Crippen LogP contribution is 2.29. The zero-order chi connectivity index (χ0) is 22.8. The molecule has 0 atom stereocenters. The number of fused-ring (bicyclic) bond motifs is 3. The molecule has 0 spiro atoms. The summed E-state index contributed by atoms with van der Waals surface area (Å²) in [5.74, 6) is 1.15. The Morgan fingerprint density at radius 2 is 1.94 bits per heavy atom. The molecule has 0 radical (unpaired) electrons. The normalized spacial score (nSPS) is 11.3. The van der Waals surface area contributed by atoms with Crippen molar-refractivity contribution in [3.8, 4) is 11.3 Å². The molecular formula is C25H25N7O. The number of H-pyrrole nitrogens is 2. The Bertz CT molecular complexity index is 1410. The van der Waals surface area contributed by atoms with Crippen LogP contribution < -0.4 is 5.73 Å². The van der Waals surface area contributed by atoms with Crippen molar-refractivity contribution < 1.29 is 4.79 Å². The van der Waals surface area contributed by atoms with Crippen LogP contribution in [0.1, 0.15) is 24.7 Å². The Kier molecular flexibility index (Phi) is 5.48. The van der Waals surface area contributed by atoms with Gasteiger partial charge in [-0.3, -0.25) is 9.89 Å². The van der Waals surface area contributed by atoms with Crippen LogP contribution in [0.4, 0.5) is 5.82 Å².